The molecule has 10 heteroatoms. The van der Waals surface area contributed by atoms with E-state index < -0.39 is 27.9 Å². The van der Waals surface area contributed by atoms with Gasteiger partial charge in [0.25, 0.3) is 0 Å². The van der Waals surface area contributed by atoms with E-state index in [-0.39, 0.29) is 10.7 Å². The molecule has 0 spiro atoms. The van der Waals surface area contributed by atoms with E-state index in [1.165, 1.54) is 63.6 Å². The zero-order valence-corrected chi connectivity index (χ0v) is 17.9. The number of anilines is 2. The maximum absolute atomic E-state index is 12.7. The molecule has 0 radical (unpaired) electrons. The lowest BCUT2D eigenvalue weighted by Gasteiger charge is -2.28. The van der Waals surface area contributed by atoms with E-state index in [0.717, 1.165) is 10.6 Å². The Bertz CT molecular complexity index is 1010. The van der Waals surface area contributed by atoms with Crippen molar-refractivity contribution in [3.63, 3.8) is 0 Å². The van der Waals surface area contributed by atoms with Gasteiger partial charge in [-0.15, -0.1) is 0 Å². The third kappa shape index (κ3) is 5.39. The van der Waals surface area contributed by atoms with Gasteiger partial charge in [-0.05, 0) is 49.4 Å². The zero-order chi connectivity index (χ0) is 21.8. The molecule has 0 aliphatic carbocycles. The van der Waals surface area contributed by atoms with E-state index in [1.54, 1.807) is 0 Å². The number of halogens is 1. The Morgan fingerprint density at radius 3 is 2.21 bits per heavy atom. The van der Waals surface area contributed by atoms with Crippen LogP contribution in [0.2, 0.25) is 5.02 Å². The first-order valence-corrected chi connectivity index (χ1v) is 10.6. The molecular weight excluding hydrogens is 420 g/mol. The first-order valence-electron chi connectivity index (χ1n) is 8.40. The highest BCUT2D eigenvalue weighted by Gasteiger charge is 2.29. The molecule has 1 N–H and O–H groups in total. The molecule has 1 atom stereocenters. The van der Waals surface area contributed by atoms with Crippen LogP contribution in [0, 0.1) is 0 Å². The van der Waals surface area contributed by atoms with E-state index in [9.17, 15) is 18.0 Å². The Morgan fingerprint density at radius 1 is 1.10 bits per heavy atom. The molecular formula is C19H21ClN2O6S. The minimum absolute atomic E-state index is 0.213. The summed E-state index contributed by atoms with van der Waals surface area (Å²) in [5.41, 5.74) is 0.946. The molecule has 2 aromatic rings. The highest BCUT2D eigenvalue weighted by Crippen LogP contribution is 2.31. The summed E-state index contributed by atoms with van der Waals surface area (Å²) in [6.07, 6.45) is 1.00. The molecule has 0 aliphatic heterocycles. The van der Waals surface area contributed by atoms with E-state index in [1.807, 2.05) is 0 Å². The van der Waals surface area contributed by atoms with Crippen LogP contribution in [0.15, 0.2) is 42.5 Å². The smallest absolute Gasteiger partial charge is 0.337 e. The summed E-state index contributed by atoms with van der Waals surface area (Å²) in [6.45, 7) is 1.46. The number of hydrogen-bond acceptors (Lipinski definition) is 6. The predicted molar refractivity (Wildman–Crippen MR) is 111 cm³/mol. The maximum atomic E-state index is 12.7. The number of rotatable bonds is 7. The van der Waals surface area contributed by atoms with Crippen LogP contribution in [0.5, 0.6) is 5.75 Å². The molecule has 8 nitrogen and oxygen atoms in total. The minimum Gasteiger partial charge on any atom is -0.495 e. The van der Waals surface area contributed by atoms with Crippen LogP contribution in [0.3, 0.4) is 0 Å². The van der Waals surface area contributed by atoms with Gasteiger partial charge in [-0.2, -0.15) is 0 Å². The zero-order valence-electron chi connectivity index (χ0n) is 16.3. The van der Waals surface area contributed by atoms with Crippen molar-refractivity contribution in [3.05, 3.63) is 53.1 Å². The van der Waals surface area contributed by atoms with Crippen LogP contribution in [0.4, 0.5) is 11.4 Å². The van der Waals surface area contributed by atoms with Gasteiger partial charge in [-0.25, -0.2) is 13.2 Å². The van der Waals surface area contributed by atoms with Gasteiger partial charge in [-0.1, -0.05) is 11.6 Å². The van der Waals surface area contributed by atoms with Crippen molar-refractivity contribution in [2.24, 2.45) is 0 Å². The number of nitrogens with zero attached hydrogens (tertiary/aromatic N) is 1. The second-order valence-electron chi connectivity index (χ2n) is 6.11. The number of hydrogen-bond donors (Lipinski definition) is 1. The fourth-order valence-corrected chi connectivity index (χ4v) is 4.07. The first-order chi connectivity index (χ1) is 13.6. The largest absolute Gasteiger partial charge is 0.495 e. The Balaban J connectivity index is 2.27. The second kappa shape index (κ2) is 9.15. The third-order valence-electron chi connectivity index (χ3n) is 4.05. The lowest BCUT2D eigenvalue weighted by Crippen LogP contribution is -2.45. The van der Waals surface area contributed by atoms with E-state index in [2.05, 4.69) is 10.1 Å². The lowest BCUT2D eigenvalue weighted by atomic mass is 10.2. The van der Waals surface area contributed by atoms with Crippen molar-refractivity contribution < 1.29 is 27.5 Å². The van der Waals surface area contributed by atoms with Gasteiger partial charge in [0, 0.05) is 5.69 Å². The van der Waals surface area contributed by atoms with E-state index in [4.69, 9.17) is 16.3 Å². The van der Waals surface area contributed by atoms with Crippen molar-refractivity contribution >= 4 is 44.9 Å². The number of amides is 1. The van der Waals surface area contributed by atoms with E-state index in [0.29, 0.717) is 17.0 Å². The van der Waals surface area contributed by atoms with Gasteiger partial charge in [0.2, 0.25) is 15.9 Å². The van der Waals surface area contributed by atoms with Crippen LogP contribution in [-0.4, -0.2) is 46.8 Å². The van der Waals surface area contributed by atoms with Crippen LogP contribution in [0.25, 0.3) is 0 Å². The number of nitrogens with one attached hydrogen (secondary N) is 1. The molecule has 0 aromatic heterocycles. The van der Waals surface area contributed by atoms with Gasteiger partial charge in [0.05, 0.1) is 36.7 Å². The monoisotopic (exact) mass is 440 g/mol. The highest BCUT2D eigenvalue weighted by atomic mass is 35.5. The molecule has 2 aromatic carbocycles. The molecule has 0 fully saturated rings. The van der Waals surface area contributed by atoms with Crippen molar-refractivity contribution in [2.45, 2.75) is 13.0 Å². The number of carbonyl (C=O) groups is 2. The first kappa shape index (κ1) is 22.5. The lowest BCUT2D eigenvalue weighted by molar-refractivity contribution is -0.116. The van der Waals surface area contributed by atoms with Gasteiger partial charge in [-0.3, -0.25) is 9.10 Å². The summed E-state index contributed by atoms with van der Waals surface area (Å²) in [5.74, 6) is -0.685. The van der Waals surface area contributed by atoms with Gasteiger partial charge in [0.15, 0.2) is 0 Å². The number of esters is 1. The molecule has 2 rings (SSSR count). The standard InChI is InChI=1S/C19H21ClN2O6S/c1-12(18(23)21-14-7-5-13(6-8-14)19(24)28-3)22(29(4,25)26)15-9-10-17(27-2)16(20)11-15/h5-12H,1-4H3,(H,21,23)/t12-/m0/s1. The maximum Gasteiger partial charge on any atom is 0.337 e. The van der Waals surface area contributed by atoms with E-state index >= 15 is 0 Å². The Labute approximate surface area is 174 Å². The summed E-state index contributed by atoms with van der Waals surface area (Å²) in [7, 11) is -1.09. The molecule has 0 aliphatic rings. The van der Waals surface area contributed by atoms with Crippen molar-refractivity contribution in [1.29, 1.82) is 0 Å². The average molecular weight is 441 g/mol. The highest BCUT2D eigenvalue weighted by molar-refractivity contribution is 7.92. The molecule has 0 heterocycles. The Morgan fingerprint density at radius 2 is 1.72 bits per heavy atom. The fourth-order valence-electron chi connectivity index (χ4n) is 2.66. The van der Waals surface area contributed by atoms with Gasteiger partial charge < -0.3 is 14.8 Å². The average Bonchev–Trinajstić information content (AvgIpc) is 2.67. The minimum atomic E-state index is -3.80. The van der Waals surface area contributed by atoms with Gasteiger partial charge >= 0.3 is 5.97 Å². The normalized spacial score (nSPS) is 12.0. The van der Waals surface area contributed by atoms with Crippen LogP contribution < -0.4 is 14.4 Å². The van der Waals surface area contributed by atoms with Crippen LogP contribution >= 0.6 is 11.6 Å². The fraction of sp³-hybridized carbons (Fsp3) is 0.263. The molecule has 156 valence electrons. The quantitative estimate of drug-likeness (QED) is 0.664. The van der Waals surface area contributed by atoms with Crippen molar-refractivity contribution in [1.82, 2.24) is 0 Å². The second-order valence-corrected chi connectivity index (χ2v) is 8.38. The van der Waals surface area contributed by atoms with Crippen molar-refractivity contribution in [3.8, 4) is 5.75 Å². The summed E-state index contributed by atoms with van der Waals surface area (Å²) in [4.78, 5) is 24.2. The number of sulfonamides is 1. The predicted octanol–water partition coefficient (Wildman–Crippen LogP) is 2.93. The van der Waals surface area contributed by atoms with Crippen molar-refractivity contribution in [2.75, 3.05) is 30.1 Å². The van der Waals surface area contributed by atoms with Gasteiger partial charge in [0.1, 0.15) is 11.8 Å². The van der Waals surface area contributed by atoms with Crippen LogP contribution in [-0.2, 0) is 19.6 Å². The molecule has 0 saturated carbocycles. The topological polar surface area (TPSA) is 102 Å². The third-order valence-corrected chi connectivity index (χ3v) is 5.59. The Hall–Kier alpha value is -2.78. The molecule has 29 heavy (non-hydrogen) atoms. The number of ether oxygens (including phenoxy) is 2. The SMILES string of the molecule is COC(=O)c1ccc(NC(=O)[C@H](C)N(c2ccc(OC)c(Cl)c2)S(C)(=O)=O)cc1. The summed E-state index contributed by atoms with van der Waals surface area (Å²) >= 11 is 6.11. The molecule has 1 amide bonds. The number of methoxy groups -OCH3 is 2. The number of benzene rings is 2. The summed E-state index contributed by atoms with van der Waals surface area (Å²) < 4.78 is 35.4. The number of carbonyl (C=O) groups excluding carboxylic acids is 2. The molecule has 0 unspecified atom stereocenters. The van der Waals surface area contributed by atoms with Crippen LogP contribution in [0.1, 0.15) is 17.3 Å². The Kier molecular flexibility index (Phi) is 7.10. The molecule has 0 bridgehead atoms. The summed E-state index contributed by atoms with van der Waals surface area (Å²) in [5, 5.41) is 2.84. The molecule has 0 saturated heterocycles. The summed E-state index contributed by atoms with van der Waals surface area (Å²) in [6, 6.07) is 9.38.